The van der Waals surface area contributed by atoms with Gasteiger partial charge in [0.25, 0.3) is 0 Å². The molecule has 0 radical (unpaired) electrons. The van der Waals surface area contributed by atoms with Gasteiger partial charge in [-0.05, 0) is 34.1 Å². The first-order valence-corrected chi connectivity index (χ1v) is 7.43. The second-order valence-electron chi connectivity index (χ2n) is 3.84. The fourth-order valence-corrected chi connectivity index (χ4v) is 3.22. The summed E-state index contributed by atoms with van der Waals surface area (Å²) in [5.74, 6) is -5.97. The Morgan fingerprint density at radius 3 is 2.43 bits per heavy atom. The number of benzene rings is 1. The molecule has 1 rings (SSSR count). The molecule has 0 heterocycles. The fraction of sp³-hybridized carbons (Fsp3) is 0.300. The van der Waals surface area contributed by atoms with Crippen LogP contribution in [0.25, 0.3) is 0 Å². The van der Waals surface area contributed by atoms with Crippen LogP contribution in [-0.2, 0) is 10.0 Å². The minimum Gasteiger partial charge on any atom is -0.478 e. The van der Waals surface area contributed by atoms with Gasteiger partial charge in [-0.25, -0.2) is 26.7 Å². The van der Waals surface area contributed by atoms with E-state index >= 15 is 0 Å². The van der Waals surface area contributed by atoms with Gasteiger partial charge >= 0.3 is 18.3 Å². The lowest BCUT2D eigenvalue weighted by Crippen LogP contribution is -2.41. The van der Waals surface area contributed by atoms with E-state index in [0.717, 1.165) is 18.2 Å². The Hall–Kier alpha value is -1.20. The number of hydrogen-bond donors (Lipinski definition) is 2. The molecule has 2 N–H and O–H groups in total. The van der Waals surface area contributed by atoms with Gasteiger partial charge in [-0.15, -0.1) is 0 Å². The molecule has 0 aliphatic carbocycles. The zero-order chi connectivity index (χ0) is 16.4. The number of sulfonamides is 1. The van der Waals surface area contributed by atoms with Crippen molar-refractivity contribution >= 4 is 31.9 Å². The normalized spacial score (nSPS) is 12.7. The molecule has 0 fully saturated rings. The number of hydrogen-bond acceptors (Lipinski definition) is 3. The maximum Gasteiger partial charge on any atom is 0.335 e. The van der Waals surface area contributed by atoms with Crippen LogP contribution in [0.2, 0.25) is 0 Å². The van der Waals surface area contributed by atoms with E-state index in [1.54, 1.807) is 0 Å². The molecule has 11 heteroatoms. The van der Waals surface area contributed by atoms with E-state index < -0.39 is 45.3 Å². The van der Waals surface area contributed by atoms with Crippen molar-refractivity contribution in [2.24, 2.45) is 0 Å². The summed E-state index contributed by atoms with van der Waals surface area (Å²) in [7, 11) is -4.59. The third-order valence-corrected chi connectivity index (χ3v) is 4.68. The van der Waals surface area contributed by atoms with Gasteiger partial charge in [0.2, 0.25) is 10.0 Å². The first kappa shape index (κ1) is 17.9. The van der Waals surface area contributed by atoms with E-state index in [4.69, 9.17) is 5.11 Å². The Bertz CT molecular complexity index is 650. The summed E-state index contributed by atoms with van der Waals surface area (Å²) in [5, 5.41) is 8.75. The van der Waals surface area contributed by atoms with Crippen molar-refractivity contribution < 1.29 is 35.9 Å². The van der Waals surface area contributed by atoms with Crippen LogP contribution in [0.4, 0.5) is 17.6 Å². The third kappa shape index (κ3) is 4.38. The van der Waals surface area contributed by atoms with Crippen LogP contribution in [0.3, 0.4) is 0 Å². The van der Waals surface area contributed by atoms with Crippen LogP contribution >= 0.6 is 15.9 Å². The van der Waals surface area contributed by atoms with Gasteiger partial charge in [-0.3, -0.25) is 0 Å². The van der Waals surface area contributed by atoms with Gasteiger partial charge in [-0.1, -0.05) is 0 Å². The van der Waals surface area contributed by atoms with Crippen molar-refractivity contribution in [2.45, 2.75) is 17.2 Å². The van der Waals surface area contributed by atoms with E-state index in [0.29, 0.717) is 0 Å². The largest absolute Gasteiger partial charge is 0.478 e. The zero-order valence-corrected chi connectivity index (χ0v) is 12.4. The minimum atomic E-state index is -4.59. The summed E-state index contributed by atoms with van der Waals surface area (Å²) in [6.45, 7) is -1.81. The summed E-state index contributed by atoms with van der Waals surface area (Å²) < 4.78 is 74.2. The summed E-state index contributed by atoms with van der Waals surface area (Å²) in [6.07, 6.45) is -4.03. The van der Waals surface area contributed by atoms with Crippen molar-refractivity contribution in [1.29, 1.82) is 0 Å². The SMILES string of the molecule is O=C(O)c1ccc(Br)c(S(=O)(=O)NCC(F)(F)C(F)F)c1. The first-order chi connectivity index (χ1) is 9.47. The molecule has 0 saturated heterocycles. The van der Waals surface area contributed by atoms with Crippen LogP contribution in [0.15, 0.2) is 27.6 Å². The number of halogens is 5. The van der Waals surface area contributed by atoms with Crippen LogP contribution < -0.4 is 4.72 Å². The van der Waals surface area contributed by atoms with Crippen LogP contribution in [0.5, 0.6) is 0 Å². The number of carboxylic acid groups (broad SMARTS) is 1. The van der Waals surface area contributed by atoms with Crippen LogP contribution in [0, 0.1) is 0 Å². The average Bonchev–Trinajstić information content (AvgIpc) is 2.36. The lowest BCUT2D eigenvalue weighted by Gasteiger charge is -2.16. The number of alkyl halides is 4. The van der Waals surface area contributed by atoms with Gasteiger partial charge in [0.05, 0.1) is 17.0 Å². The second-order valence-corrected chi connectivity index (χ2v) is 6.43. The smallest absolute Gasteiger partial charge is 0.335 e. The number of carbonyl (C=O) groups is 1. The average molecular weight is 394 g/mol. The van der Waals surface area contributed by atoms with E-state index in [2.05, 4.69) is 15.9 Å². The second kappa shape index (κ2) is 6.28. The molecule has 1 aromatic carbocycles. The maximum atomic E-state index is 12.7. The molecule has 0 aliphatic heterocycles. The van der Waals surface area contributed by atoms with Gasteiger partial charge in [0.1, 0.15) is 0 Å². The van der Waals surface area contributed by atoms with Crippen molar-refractivity contribution in [3.05, 3.63) is 28.2 Å². The Labute approximate surface area is 125 Å². The highest BCUT2D eigenvalue weighted by Gasteiger charge is 2.41. The Balaban J connectivity index is 3.09. The molecule has 118 valence electrons. The molecule has 0 aromatic heterocycles. The maximum absolute atomic E-state index is 12.7. The van der Waals surface area contributed by atoms with E-state index in [9.17, 15) is 30.8 Å². The van der Waals surface area contributed by atoms with E-state index in [1.807, 2.05) is 0 Å². The molecule has 0 aliphatic rings. The molecule has 0 amide bonds. The molecule has 1 aromatic rings. The Kier molecular flexibility index (Phi) is 5.34. The molecular formula is C10H8BrF4NO4S. The number of aromatic carboxylic acids is 1. The van der Waals surface area contributed by atoms with Crippen LogP contribution in [0.1, 0.15) is 10.4 Å². The summed E-state index contributed by atoms with van der Waals surface area (Å²) in [4.78, 5) is 10.1. The van der Waals surface area contributed by atoms with E-state index in [-0.39, 0.29) is 4.47 Å². The first-order valence-electron chi connectivity index (χ1n) is 5.16. The quantitative estimate of drug-likeness (QED) is 0.726. The molecule has 0 unspecified atom stereocenters. The van der Waals surface area contributed by atoms with Crippen LogP contribution in [-0.4, -0.2) is 38.4 Å². The fourth-order valence-electron chi connectivity index (χ4n) is 1.19. The Morgan fingerprint density at radius 2 is 1.95 bits per heavy atom. The Morgan fingerprint density at radius 1 is 1.38 bits per heavy atom. The lowest BCUT2D eigenvalue weighted by molar-refractivity contribution is -0.122. The summed E-state index contributed by atoms with van der Waals surface area (Å²) in [5.41, 5.74) is -0.404. The predicted molar refractivity (Wildman–Crippen MR) is 67.2 cm³/mol. The monoisotopic (exact) mass is 393 g/mol. The summed E-state index contributed by atoms with van der Waals surface area (Å²) in [6, 6.07) is 2.89. The highest BCUT2D eigenvalue weighted by Crippen LogP contribution is 2.25. The lowest BCUT2D eigenvalue weighted by atomic mass is 10.2. The van der Waals surface area contributed by atoms with Crippen molar-refractivity contribution in [1.82, 2.24) is 4.72 Å². The molecule has 0 saturated carbocycles. The highest BCUT2D eigenvalue weighted by atomic mass is 79.9. The highest BCUT2D eigenvalue weighted by molar-refractivity contribution is 9.10. The van der Waals surface area contributed by atoms with Gasteiger partial charge in [0.15, 0.2) is 0 Å². The van der Waals surface area contributed by atoms with Gasteiger partial charge in [-0.2, -0.15) is 8.78 Å². The molecule has 5 nitrogen and oxygen atoms in total. The number of carboxylic acids is 1. The zero-order valence-electron chi connectivity index (χ0n) is 9.99. The third-order valence-electron chi connectivity index (χ3n) is 2.28. The standard InChI is InChI=1S/C10H8BrF4NO4S/c11-6-2-1-5(8(17)18)3-7(6)21(19,20)16-4-10(14,15)9(12)13/h1-3,9,16H,4H2,(H,17,18). The summed E-state index contributed by atoms with van der Waals surface area (Å²) >= 11 is 2.82. The van der Waals surface area contributed by atoms with Gasteiger partial charge in [0, 0.05) is 4.47 Å². The topological polar surface area (TPSA) is 83.5 Å². The number of nitrogens with one attached hydrogen (secondary N) is 1. The number of rotatable bonds is 6. The van der Waals surface area contributed by atoms with Crippen molar-refractivity contribution in [2.75, 3.05) is 6.54 Å². The van der Waals surface area contributed by atoms with E-state index in [1.165, 1.54) is 4.72 Å². The molecule has 0 bridgehead atoms. The van der Waals surface area contributed by atoms with Crippen molar-refractivity contribution in [3.63, 3.8) is 0 Å². The molecule has 0 spiro atoms. The van der Waals surface area contributed by atoms with Crippen molar-refractivity contribution in [3.8, 4) is 0 Å². The predicted octanol–water partition coefficient (Wildman–Crippen LogP) is 2.33. The molecule has 0 atom stereocenters. The minimum absolute atomic E-state index is 0.0969. The van der Waals surface area contributed by atoms with Gasteiger partial charge < -0.3 is 5.11 Å². The molecule has 21 heavy (non-hydrogen) atoms. The molecular weight excluding hydrogens is 386 g/mol.